The maximum Gasteiger partial charge on any atom is 0.191 e. The molecule has 21 heavy (non-hydrogen) atoms. The molecule has 0 spiro atoms. The Morgan fingerprint density at radius 3 is 2.43 bits per heavy atom. The maximum absolute atomic E-state index is 5.29. The lowest BCUT2D eigenvalue weighted by atomic mass is 10.2. The molecule has 0 fully saturated rings. The number of ether oxygens (including phenoxy) is 2. The van der Waals surface area contributed by atoms with Gasteiger partial charge in [0.05, 0.1) is 14.2 Å². The number of benzene rings is 1. The largest absolute Gasteiger partial charge is 0.493 e. The van der Waals surface area contributed by atoms with Crippen molar-refractivity contribution in [2.24, 2.45) is 4.99 Å². The number of rotatable bonds is 6. The van der Waals surface area contributed by atoms with E-state index in [-0.39, 0.29) is 24.0 Å². The van der Waals surface area contributed by atoms with E-state index in [1.165, 1.54) is 0 Å². The summed E-state index contributed by atoms with van der Waals surface area (Å²) in [5.41, 5.74) is 1.11. The molecule has 0 saturated carbocycles. The number of methoxy groups -OCH3 is 2. The molecular weight excluding hydrogens is 381 g/mol. The molecule has 0 aliphatic carbocycles. The second-order valence-electron chi connectivity index (χ2n) is 4.57. The van der Waals surface area contributed by atoms with Gasteiger partial charge in [0.2, 0.25) is 0 Å². The van der Waals surface area contributed by atoms with Gasteiger partial charge in [-0.15, -0.1) is 24.0 Å². The Morgan fingerprint density at radius 2 is 1.90 bits per heavy atom. The summed E-state index contributed by atoms with van der Waals surface area (Å²) in [5.74, 6) is 2.27. The van der Waals surface area contributed by atoms with Crippen molar-refractivity contribution in [2.75, 3.05) is 21.3 Å². The second kappa shape index (κ2) is 10.5. The Balaban J connectivity index is 0.00000400. The molecule has 1 unspecified atom stereocenters. The standard InChI is InChI=1S/C15H25N3O2.HI/c1-6-11(2)18-15(16-3)17-10-12-7-8-13(19-4)14(9-12)20-5;/h7-9,11H,6,10H2,1-5H3,(H2,16,17,18);1H. The number of nitrogens with zero attached hydrogens (tertiary/aromatic N) is 1. The van der Waals surface area contributed by atoms with Crippen LogP contribution < -0.4 is 20.1 Å². The lowest BCUT2D eigenvalue weighted by Crippen LogP contribution is -2.41. The van der Waals surface area contributed by atoms with Gasteiger partial charge in [0, 0.05) is 19.6 Å². The monoisotopic (exact) mass is 407 g/mol. The van der Waals surface area contributed by atoms with Crippen LogP contribution in [-0.4, -0.2) is 33.3 Å². The van der Waals surface area contributed by atoms with E-state index in [0.717, 1.165) is 29.4 Å². The summed E-state index contributed by atoms with van der Waals surface area (Å²) >= 11 is 0. The van der Waals surface area contributed by atoms with Gasteiger partial charge in [-0.3, -0.25) is 4.99 Å². The van der Waals surface area contributed by atoms with Crippen LogP contribution in [0.5, 0.6) is 11.5 Å². The second-order valence-corrected chi connectivity index (χ2v) is 4.57. The van der Waals surface area contributed by atoms with Crippen molar-refractivity contribution in [3.05, 3.63) is 23.8 Å². The van der Waals surface area contributed by atoms with Gasteiger partial charge in [-0.25, -0.2) is 0 Å². The third-order valence-corrected chi connectivity index (χ3v) is 3.13. The van der Waals surface area contributed by atoms with E-state index < -0.39 is 0 Å². The van der Waals surface area contributed by atoms with Crippen LogP contribution in [0.25, 0.3) is 0 Å². The molecule has 0 radical (unpaired) electrons. The highest BCUT2D eigenvalue weighted by Gasteiger charge is 2.06. The summed E-state index contributed by atoms with van der Waals surface area (Å²) in [4.78, 5) is 4.21. The SMILES string of the molecule is CCC(C)NC(=NC)NCc1ccc(OC)c(OC)c1.I. The highest BCUT2D eigenvalue weighted by molar-refractivity contribution is 14.0. The van der Waals surface area contributed by atoms with Gasteiger partial charge >= 0.3 is 0 Å². The molecule has 120 valence electrons. The zero-order chi connectivity index (χ0) is 15.0. The molecule has 1 atom stereocenters. The van der Waals surface area contributed by atoms with E-state index in [2.05, 4.69) is 29.5 Å². The van der Waals surface area contributed by atoms with Gasteiger partial charge < -0.3 is 20.1 Å². The van der Waals surface area contributed by atoms with Crippen molar-refractivity contribution in [1.29, 1.82) is 0 Å². The summed E-state index contributed by atoms with van der Waals surface area (Å²) < 4.78 is 10.5. The van der Waals surface area contributed by atoms with E-state index in [9.17, 15) is 0 Å². The molecule has 2 N–H and O–H groups in total. The Labute approximate surface area is 144 Å². The number of hydrogen-bond acceptors (Lipinski definition) is 3. The van der Waals surface area contributed by atoms with Crippen LogP contribution in [0, 0.1) is 0 Å². The number of guanidine groups is 1. The molecule has 0 aliphatic heterocycles. The molecule has 1 aromatic rings. The third kappa shape index (κ3) is 6.41. The van der Waals surface area contributed by atoms with Crippen molar-refractivity contribution >= 4 is 29.9 Å². The summed E-state index contributed by atoms with van der Waals surface area (Å²) in [6.45, 7) is 4.94. The Hall–Kier alpha value is -1.18. The van der Waals surface area contributed by atoms with Crippen molar-refractivity contribution < 1.29 is 9.47 Å². The molecule has 0 heterocycles. The van der Waals surface area contributed by atoms with Gasteiger partial charge in [-0.1, -0.05) is 13.0 Å². The maximum atomic E-state index is 5.29. The van der Waals surface area contributed by atoms with Gasteiger partial charge in [-0.2, -0.15) is 0 Å². The fourth-order valence-corrected chi connectivity index (χ4v) is 1.71. The molecule has 0 amide bonds. The topological polar surface area (TPSA) is 54.9 Å². The zero-order valence-electron chi connectivity index (χ0n) is 13.4. The lowest BCUT2D eigenvalue weighted by molar-refractivity contribution is 0.354. The minimum absolute atomic E-state index is 0. The first kappa shape index (κ1) is 19.8. The number of halogens is 1. The van der Waals surface area contributed by atoms with Crippen LogP contribution in [0.15, 0.2) is 23.2 Å². The van der Waals surface area contributed by atoms with Gasteiger partial charge in [0.1, 0.15) is 0 Å². The smallest absolute Gasteiger partial charge is 0.191 e. The molecule has 0 aliphatic rings. The van der Waals surface area contributed by atoms with E-state index in [1.807, 2.05) is 18.2 Å². The summed E-state index contributed by atoms with van der Waals surface area (Å²) in [7, 11) is 5.04. The molecule has 0 saturated heterocycles. The van der Waals surface area contributed by atoms with Gasteiger partial charge in [0.25, 0.3) is 0 Å². The van der Waals surface area contributed by atoms with E-state index in [0.29, 0.717) is 12.6 Å². The van der Waals surface area contributed by atoms with E-state index in [4.69, 9.17) is 9.47 Å². The van der Waals surface area contributed by atoms with Crippen molar-refractivity contribution in [3.63, 3.8) is 0 Å². The zero-order valence-corrected chi connectivity index (χ0v) is 15.7. The first-order valence-corrected chi connectivity index (χ1v) is 6.82. The first-order valence-electron chi connectivity index (χ1n) is 6.82. The molecule has 6 heteroatoms. The summed E-state index contributed by atoms with van der Waals surface area (Å²) in [6, 6.07) is 6.26. The molecular formula is C15H26IN3O2. The molecule has 1 aromatic carbocycles. The average molecular weight is 407 g/mol. The first-order chi connectivity index (χ1) is 9.64. The molecule has 1 rings (SSSR count). The van der Waals surface area contributed by atoms with Crippen LogP contribution in [0.3, 0.4) is 0 Å². The lowest BCUT2D eigenvalue weighted by Gasteiger charge is -2.17. The van der Waals surface area contributed by atoms with Gasteiger partial charge in [0.15, 0.2) is 17.5 Å². The average Bonchev–Trinajstić information content (AvgIpc) is 2.50. The fourth-order valence-electron chi connectivity index (χ4n) is 1.71. The third-order valence-electron chi connectivity index (χ3n) is 3.13. The van der Waals surface area contributed by atoms with Crippen molar-refractivity contribution in [2.45, 2.75) is 32.9 Å². The Kier molecular flexibility index (Phi) is 9.94. The van der Waals surface area contributed by atoms with Crippen LogP contribution in [-0.2, 0) is 6.54 Å². The van der Waals surface area contributed by atoms with E-state index in [1.54, 1.807) is 21.3 Å². The fraction of sp³-hybridized carbons (Fsp3) is 0.533. The quantitative estimate of drug-likeness (QED) is 0.433. The predicted molar refractivity (Wildman–Crippen MR) is 98.0 cm³/mol. The van der Waals surface area contributed by atoms with Gasteiger partial charge in [-0.05, 0) is 31.0 Å². The van der Waals surface area contributed by atoms with Crippen LogP contribution >= 0.6 is 24.0 Å². The Morgan fingerprint density at radius 1 is 1.24 bits per heavy atom. The highest BCUT2D eigenvalue weighted by Crippen LogP contribution is 2.27. The summed E-state index contributed by atoms with van der Waals surface area (Å²) in [6.07, 6.45) is 1.05. The normalized spacial score (nSPS) is 12.1. The molecule has 0 bridgehead atoms. The number of aliphatic imine (C=N–C) groups is 1. The minimum Gasteiger partial charge on any atom is -0.493 e. The molecule has 0 aromatic heterocycles. The van der Waals surface area contributed by atoms with Crippen molar-refractivity contribution in [3.8, 4) is 11.5 Å². The van der Waals surface area contributed by atoms with E-state index >= 15 is 0 Å². The summed E-state index contributed by atoms with van der Waals surface area (Å²) in [5, 5.41) is 6.60. The minimum atomic E-state index is 0. The van der Waals surface area contributed by atoms with Crippen molar-refractivity contribution in [1.82, 2.24) is 10.6 Å². The van der Waals surface area contributed by atoms with Crippen LogP contribution in [0.2, 0.25) is 0 Å². The predicted octanol–water partition coefficient (Wildman–Crippen LogP) is 2.79. The van der Waals surface area contributed by atoms with Crippen LogP contribution in [0.4, 0.5) is 0 Å². The highest BCUT2D eigenvalue weighted by atomic mass is 127. The number of nitrogens with one attached hydrogen (secondary N) is 2. The number of hydrogen-bond donors (Lipinski definition) is 2. The molecule has 5 nitrogen and oxygen atoms in total. The van der Waals surface area contributed by atoms with Crippen LogP contribution in [0.1, 0.15) is 25.8 Å². The Bertz CT molecular complexity index is 453.